The summed E-state index contributed by atoms with van der Waals surface area (Å²) in [4.78, 5) is 20.2. The summed E-state index contributed by atoms with van der Waals surface area (Å²) in [6.07, 6.45) is 1.96. The lowest BCUT2D eigenvalue weighted by atomic mass is 9.87. The number of aryl methyl sites for hydroxylation is 1. The van der Waals surface area contributed by atoms with Crippen LogP contribution in [0.4, 0.5) is 5.69 Å². The van der Waals surface area contributed by atoms with Crippen LogP contribution in [0.1, 0.15) is 37.5 Å². The van der Waals surface area contributed by atoms with Gasteiger partial charge >= 0.3 is 0 Å². The fourth-order valence-corrected chi connectivity index (χ4v) is 5.27. The van der Waals surface area contributed by atoms with Crippen LogP contribution in [-0.4, -0.2) is 52.9 Å². The molecule has 0 aromatic heterocycles. The number of anilines is 1. The van der Waals surface area contributed by atoms with Gasteiger partial charge in [0, 0.05) is 31.9 Å². The molecular weight excluding hydrogens is 434 g/mol. The number of amides is 1. The summed E-state index contributed by atoms with van der Waals surface area (Å²) in [7, 11) is 0. The fraction of sp³-hybridized carbons (Fsp3) is 0.385. The van der Waals surface area contributed by atoms with Gasteiger partial charge in [-0.05, 0) is 47.2 Å². The van der Waals surface area contributed by atoms with Crippen molar-refractivity contribution in [1.29, 1.82) is 0 Å². The first kappa shape index (κ1) is 23.0. The van der Waals surface area contributed by atoms with E-state index in [-0.39, 0.29) is 11.3 Å². The van der Waals surface area contributed by atoms with Crippen molar-refractivity contribution in [1.82, 2.24) is 9.80 Å². The Morgan fingerprint density at radius 1 is 1.03 bits per heavy atom. The number of benzene rings is 2. The van der Waals surface area contributed by atoms with Crippen LogP contribution in [0.3, 0.4) is 0 Å². The van der Waals surface area contributed by atoms with Crippen LogP contribution in [0.15, 0.2) is 53.4 Å². The van der Waals surface area contributed by atoms with Gasteiger partial charge in [-0.2, -0.15) is 0 Å². The van der Waals surface area contributed by atoms with E-state index >= 15 is 0 Å². The lowest BCUT2D eigenvalue weighted by Gasteiger charge is -2.37. The number of piperazine rings is 1. The first-order chi connectivity index (χ1) is 15.2. The second-order valence-corrected chi connectivity index (χ2v) is 11.2. The standard InChI is InChI=1S/C26H31N3OS2/c1-19-6-5-7-22(16-19)28-14-12-27(13-15-28)18-29-24(30)23(32-25(29)31)17-20-8-10-21(11-9-20)26(2,3)4/h5-11,16-17H,12-15,18H2,1-4H3. The molecule has 2 saturated heterocycles. The number of thiocarbonyl (C=S) groups is 1. The number of hydrogen-bond donors (Lipinski definition) is 0. The van der Waals surface area contributed by atoms with Gasteiger partial charge in [-0.25, -0.2) is 0 Å². The van der Waals surface area contributed by atoms with E-state index in [4.69, 9.17) is 12.2 Å². The second kappa shape index (κ2) is 9.38. The van der Waals surface area contributed by atoms with Crippen LogP contribution in [0.5, 0.6) is 0 Å². The van der Waals surface area contributed by atoms with Gasteiger partial charge in [0.15, 0.2) is 0 Å². The predicted octanol–water partition coefficient (Wildman–Crippen LogP) is 5.27. The Kier molecular flexibility index (Phi) is 6.75. The van der Waals surface area contributed by atoms with E-state index in [9.17, 15) is 4.79 Å². The minimum Gasteiger partial charge on any atom is -0.369 e. The Morgan fingerprint density at radius 2 is 1.72 bits per heavy atom. The monoisotopic (exact) mass is 465 g/mol. The third-order valence-corrected chi connectivity index (χ3v) is 7.41. The van der Waals surface area contributed by atoms with E-state index in [1.54, 1.807) is 4.90 Å². The first-order valence-electron chi connectivity index (χ1n) is 11.1. The maximum Gasteiger partial charge on any atom is 0.267 e. The summed E-state index contributed by atoms with van der Waals surface area (Å²) in [5.74, 6) is 0.0148. The van der Waals surface area contributed by atoms with Crippen molar-refractivity contribution in [3.63, 3.8) is 0 Å². The van der Waals surface area contributed by atoms with Crippen molar-refractivity contribution in [2.75, 3.05) is 37.7 Å². The van der Waals surface area contributed by atoms with Crippen molar-refractivity contribution in [2.45, 2.75) is 33.1 Å². The molecule has 0 unspecified atom stereocenters. The molecule has 168 valence electrons. The molecule has 2 fully saturated rings. The highest BCUT2D eigenvalue weighted by atomic mass is 32.2. The number of carbonyl (C=O) groups excluding carboxylic acids is 1. The summed E-state index contributed by atoms with van der Waals surface area (Å²) in [6, 6.07) is 17.1. The zero-order chi connectivity index (χ0) is 22.9. The van der Waals surface area contributed by atoms with Crippen LogP contribution >= 0.6 is 24.0 Å². The van der Waals surface area contributed by atoms with E-state index in [2.05, 4.69) is 86.0 Å². The number of thioether (sulfide) groups is 1. The van der Waals surface area contributed by atoms with Gasteiger partial charge in [0.05, 0.1) is 11.6 Å². The Hall–Kier alpha value is -2.15. The topological polar surface area (TPSA) is 26.8 Å². The summed E-state index contributed by atoms with van der Waals surface area (Å²) in [5, 5.41) is 0. The van der Waals surface area contributed by atoms with Gasteiger partial charge < -0.3 is 4.90 Å². The average Bonchev–Trinajstić information content (AvgIpc) is 3.01. The smallest absolute Gasteiger partial charge is 0.267 e. The van der Waals surface area contributed by atoms with E-state index in [0.717, 1.165) is 31.7 Å². The summed E-state index contributed by atoms with van der Waals surface area (Å²) >= 11 is 6.96. The third kappa shape index (κ3) is 5.25. The number of hydrogen-bond acceptors (Lipinski definition) is 5. The third-order valence-electron chi connectivity index (χ3n) is 6.03. The number of rotatable bonds is 4. The van der Waals surface area contributed by atoms with Crippen molar-refractivity contribution < 1.29 is 4.79 Å². The fourth-order valence-electron chi connectivity index (χ4n) is 4.02. The minimum atomic E-state index is 0.0148. The van der Waals surface area contributed by atoms with Crippen molar-refractivity contribution in [3.05, 3.63) is 70.1 Å². The van der Waals surface area contributed by atoms with Crippen LogP contribution in [-0.2, 0) is 10.2 Å². The van der Waals surface area contributed by atoms with E-state index < -0.39 is 0 Å². The lowest BCUT2D eigenvalue weighted by Crippen LogP contribution is -2.50. The summed E-state index contributed by atoms with van der Waals surface area (Å²) in [5.41, 5.74) is 4.99. The van der Waals surface area contributed by atoms with Crippen LogP contribution in [0.2, 0.25) is 0 Å². The Morgan fingerprint density at radius 3 is 2.34 bits per heavy atom. The van der Waals surface area contributed by atoms with Crippen LogP contribution in [0.25, 0.3) is 6.08 Å². The molecule has 0 saturated carbocycles. The SMILES string of the molecule is Cc1cccc(N2CCN(CN3C(=O)C(=Cc4ccc(C(C)(C)C)cc4)SC3=S)CC2)c1. The highest BCUT2D eigenvalue weighted by Crippen LogP contribution is 2.33. The quantitative estimate of drug-likeness (QED) is 0.453. The molecule has 2 aromatic rings. The van der Waals surface area contributed by atoms with Gasteiger partial charge in [-0.15, -0.1) is 0 Å². The van der Waals surface area contributed by atoms with Crippen molar-refractivity contribution in [2.24, 2.45) is 0 Å². The van der Waals surface area contributed by atoms with Crippen LogP contribution < -0.4 is 4.90 Å². The molecule has 0 atom stereocenters. The Balaban J connectivity index is 1.37. The predicted molar refractivity (Wildman–Crippen MR) is 140 cm³/mol. The normalized spacial score (nSPS) is 19.3. The molecule has 0 radical (unpaired) electrons. The molecule has 4 nitrogen and oxygen atoms in total. The van der Waals surface area contributed by atoms with Crippen molar-refractivity contribution in [3.8, 4) is 0 Å². The summed E-state index contributed by atoms with van der Waals surface area (Å²) in [6.45, 7) is 13.0. The molecule has 32 heavy (non-hydrogen) atoms. The molecule has 0 spiro atoms. The first-order valence-corrected chi connectivity index (χ1v) is 12.3. The molecule has 0 aliphatic carbocycles. The molecule has 2 aliphatic rings. The van der Waals surface area contributed by atoms with E-state index in [1.165, 1.54) is 28.6 Å². The zero-order valence-corrected chi connectivity index (χ0v) is 20.9. The highest BCUT2D eigenvalue weighted by molar-refractivity contribution is 8.26. The number of nitrogens with zero attached hydrogens (tertiary/aromatic N) is 3. The zero-order valence-electron chi connectivity index (χ0n) is 19.3. The maximum absolute atomic E-state index is 13.1. The molecule has 4 rings (SSSR count). The molecule has 2 heterocycles. The molecule has 0 N–H and O–H groups in total. The molecule has 0 bridgehead atoms. The van der Waals surface area contributed by atoms with E-state index in [0.29, 0.717) is 15.9 Å². The largest absolute Gasteiger partial charge is 0.369 e. The molecule has 1 amide bonds. The highest BCUT2D eigenvalue weighted by Gasteiger charge is 2.33. The van der Waals surface area contributed by atoms with Crippen molar-refractivity contribution >= 4 is 46.0 Å². The Bertz CT molecular complexity index is 1030. The minimum absolute atomic E-state index is 0.0148. The van der Waals surface area contributed by atoms with Gasteiger partial charge in [0.25, 0.3) is 5.91 Å². The van der Waals surface area contributed by atoms with Crippen LogP contribution in [0, 0.1) is 6.92 Å². The Labute approximate surface area is 201 Å². The van der Waals surface area contributed by atoms with E-state index in [1.807, 2.05) is 6.08 Å². The van der Waals surface area contributed by atoms with Gasteiger partial charge in [-0.1, -0.05) is 81.1 Å². The lowest BCUT2D eigenvalue weighted by molar-refractivity contribution is -0.123. The average molecular weight is 466 g/mol. The molecular formula is C26H31N3OS2. The van der Waals surface area contributed by atoms with Gasteiger partial charge in [0.2, 0.25) is 0 Å². The molecule has 2 aliphatic heterocycles. The maximum atomic E-state index is 13.1. The summed E-state index contributed by atoms with van der Waals surface area (Å²) < 4.78 is 0.647. The van der Waals surface area contributed by atoms with Gasteiger partial charge in [0.1, 0.15) is 4.32 Å². The molecule has 2 aromatic carbocycles. The molecule has 6 heteroatoms. The number of carbonyl (C=O) groups is 1. The second-order valence-electron chi connectivity index (χ2n) is 9.57. The van der Waals surface area contributed by atoms with Gasteiger partial charge in [-0.3, -0.25) is 14.6 Å².